The molecule has 0 spiro atoms. The normalized spacial score (nSPS) is 14.9. The number of para-hydroxylation sites is 1. The van der Waals surface area contributed by atoms with E-state index in [1.54, 1.807) is 34.1 Å². The van der Waals surface area contributed by atoms with E-state index in [1.807, 2.05) is 0 Å². The highest BCUT2D eigenvalue weighted by atomic mass is 19.1. The van der Waals surface area contributed by atoms with Crippen LogP contribution in [0.3, 0.4) is 0 Å². The Morgan fingerprint density at radius 2 is 1.80 bits per heavy atom. The number of carbonyl (C=O) groups is 2. The van der Waals surface area contributed by atoms with Crippen LogP contribution in [0.15, 0.2) is 47.1 Å². The first-order valence-corrected chi connectivity index (χ1v) is 8.13. The van der Waals surface area contributed by atoms with E-state index in [0.29, 0.717) is 38.4 Å². The van der Waals surface area contributed by atoms with Gasteiger partial charge in [-0.1, -0.05) is 12.1 Å². The highest BCUT2D eigenvalue weighted by Gasteiger charge is 2.24. The summed E-state index contributed by atoms with van der Waals surface area (Å²) in [5.74, 6) is -0.554. The van der Waals surface area contributed by atoms with Gasteiger partial charge in [-0.25, -0.2) is 4.39 Å². The second-order valence-corrected chi connectivity index (χ2v) is 5.72. The van der Waals surface area contributed by atoms with E-state index < -0.39 is 5.82 Å². The lowest BCUT2D eigenvalue weighted by Crippen LogP contribution is -2.39. The summed E-state index contributed by atoms with van der Waals surface area (Å²) < 4.78 is 23.9. The third kappa shape index (κ3) is 4.17. The van der Waals surface area contributed by atoms with Crippen LogP contribution in [0.1, 0.15) is 17.0 Å². The van der Waals surface area contributed by atoms with Gasteiger partial charge in [-0.3, -0.25) is 9.59 Å². The van der Waals surface area contributed by atoms with Crippen molar-refractivity contribution in [2.45, 2.75) is 6.42 Å². The van der Waals surface area contributed by atoms with Gasteiger partial charge in [0.1, 0.15) is 0 Å². The van der Waals surface area contributed by atoms with Gasteiger partial charge in [0.2, 0.25) is 0 Å². The van der Waals surface area contributed by atoms with Gasteiger partial charge in [0, 0.05) is 26.2 Å². The molecule has 0 bridgehead atoms. The zero-order chi connectivity index (χ0) is 17.6. The molecule has 1 aromatic carbocycles. The number of nitrogens with zero attached hydrogens (tertiary/aromatic N) is 2. The van der Waals surface area contributed by atoms with Crippen molar-refractivity contribution in [3.05, 3.63) is 54.2 Å². The number of hydrogen-bond donors (Lipinski definition) is 0. The Labute approximate surface area is 144 Å². The maximum atomic E-state index is 13.5. The average Bonchev–Trinajstić information content (AvgIpc) is 3.04. The topological polar surface area (TPSA) is 63.0 Å². The summed E-state index contributed by atoms with van der Waals surface area (Å²) in [6.45, 7) is 1.68. The molecule has 6 nitrogen and oxygen atoms in total. The van der Waals surface area contributed by atoms with Gasteiger partial charge in [0.25, 0.3) is 11.8 Å². The minimum atomic E-state index is -0.499. The molecule has 1 aliphatic rings. The largest absolute Gasteiger partial charge is 0.481 e. The number of hydrogen-bond acceptors (Lipinski definition) is 4. The summed E-state index contributed by atoms with van der Waals surface area (Å²) in [5, 5.41) is 0. The minimum absolute atomic E-state index is 0.0558. The Balaban J connectivity index is 1.53. The molecule has 1 fully saturated rings. The molecule has 2 aromatic rings. The van der Waals surface area contributed by atoms with Crippen LogP contribution in [-0.4, -0.2) is 54.4 Å². The Morgan fingerprint density at radius 1 is 1.04 bits per heavy atom. The van der Waals surface area contributed by atoms with E-state index >= 15 is 0 Å². The fraction of sp³-hybridized carbons (Fsp3) is 0.333. The molecule has 3 rings (SSSR count). The minimum Gasteiger partial charge on any atom is -0.481 e. The molecule has 0 saturated carbocycles. The number of halogens is 1. The number of carbonyl (C=O) groups excluding carboxylic acids is 2. The third-order valence-corrected chi connectivity index (χ3v) is 4.06. The summed E-state index contributed by atoms with van der Waals surface area (Å²) in [5.41, 5.74) is 0. The van der Waals surface area contributed by atoms with Gasteiger partial charge in [0.05, 0.1) is 6.26 Å². The molecule has 0 atom stereocenters. The van der Waals surface area contributed by atoms with Crippen LogP contribution in [-0.2, 0) is 4.79 Å². The third-order valence-electron chi connectivity index (χ3n) is 4.06. The average molecular weight is 346 g/mol. The van der Waals surface area contributed by atoms with Crippen molar-refractivity contribution in [1.29, 1.82) is 0 Å². The second-order valence-electron chi connectivity index (χ2n) is 5.72. The van der Waals surface area contributed by atoms with E-state index in [2.05, 4.69) is 0 Å². The Bertz CT molecular complexity index is 732. The molecular weight excluding hydrogens is 327 g/mol. The number of ether oxygens (including phenoxy) is 1. The first-order chi connectivity index (χ1) is 12.1. The van der Waals surface area contributed by atoms with Crippen LogP contribution in [0, 0.1) is 5.82 Å². The number of benzene rings is 1. The summed E-state index contributed by atoms with van der Waals surface area (Å²) in [7, 11) is 0. The molecule has 0 radical (unpaired) electrons. The van der Waals surface area contributed by atoms with Gasteiger partial charge in [0.15, 0.2) is 23.9 Å². The predicted molar refractivity (Wildman–Crippen MR) is 87.7 cm³/mol. The van der Waals surface area contributed by atoms with E-state index in [4.69, 9.17) is 9.15 Å². The zero-order valence-electron chi connectivity index (χ0n) is 13.7. The summed E-state index contributed by atoms with van der Waals surface area (Å²) in [6, 6.07) is 9.26. The van der Waals surface area contributed by atoms with Crippen LogP contribution in [0.2, 0.25) is 0 Å². The predicted octanol–water partition coefficient (Wildman–Crippen LogP) is 2.17. The lowest BCUT2D eigenvalue weighted by molar-refractivity contribution is -0.133. The standard InChI is InChI=1S/C18H19FN2O4/c19-14-5-1-2-6-15(14)25-13-17(22)20-8-4-9-21(11-10-20)18(23)16-7-3-12-24-16/h1-3,5-7,12H,4,8-11,13H2. The summed E-state index contributed by atoms with van der Waals surface area (Å²) in [6.07, 6.45) is 2.12. The van der Waals surface area contributed by atoms with Crippen LogP contribution in [0.4, 0.5) is 4.39 Å². The molecule has 1 aromatic heterocycles. The Morgan fingerprint density at radius 3 is 2.56 bits per heavy atom. The van der Waals surface area contributed by atoms with Crippen LogP contribution in [0.25, 0.3) is 0 Å². The maximum absolute atomic E-state index is 13.5. The first-order valence-electron chi connectivity index (χ1n) is 8.13. The van der Waals surface area contributed by atoms with Crippen LogP contribution in [0.5, 0.6) is 5.75 Å². The monoisotopic (exact) mass is 346 g/mol. The fourth-order valence-electron chi connectivity index (χ4n) is 2.72. The van der Waals surface area contributed by atoms with Gasteiger partial charge in [-0.05, 0) is 30.7 Å². The van der Waals surface area contributed by atoms with E-state index in [1.165, 1.54) is 18.4 Å². The van der Waals surface area contributed by atoms with Gasteiger partial charge >= 0.3 is 0 Å². The van der Waals surface area contributed by atoms with Gasteiger partial charge < -0.3 is 19.0 Å². The Hall–Kier alpha value is -2.83. The Kier molecular flexibility index (Phi) is 5.33. The zero-order valence-corrected chi connectivity index (χ0v) is 13.7. The van der Waals surface area contributed by atoms with Crippen LogP contribution < -0.4 is 4.74 Å². The quantitative estimate of drug-likeness (QED) is 0.851. The molecule has 0 unspecified atom stereocenters. The van der Waals surface area contributed by atoms with E-state index in [-0.39, 0.29) is 24.2 Å². The van der Waals surface area contributed by atoms with Crippen molar-refractivity contribution < 1.29 is 23.1 Å². The van der Waals surface area contributed by atoms with Gasteiger partial charge in [-0.2, -0.15) is 0 Å². The molecule has 0 aliphatic carbocycles. The van der Waals surface area contributed by atoms with Crippen molar-refractivity contribution in [1.82, 2.24) is 9.80 Å². The maximum Gasteiger partial charge on any atom is 0.289 e. The van der Waals surface area contributed by atoms with Crippen molar-refractivity contribution in [3.8, 4) is 5.75 Å². The highest BCUT2D eigenvalue weighted by Crippen LogP contribution is 2.16. The highest BCUT2D eigenvalue weighted by molar-refractivity contribution is 5.91. The molecule has 132 valence electrons. The number of amides is 2. The molecule has 7 heteroatoms. The smallest absolute Gasteiger partial charge is 0.289 e. The summed E-state index contributed by atoms with van der Waals surface area (Å²) >= 11 is 0. The lowest BCUT2D eigenvalue weighted by atomic mass is 10.3. The first kappa shape index (κ1) is 17.0. The number of furan rings is 1. The van der Waals surface area contributed by atoms with Crippen molar-refractivity contribution in [2.75, 3.05) is 32.8 Å². The molecule has 0 N–H and O–H groups in total. The molecular formula is C18H19FN2O4. The SMILES string of the molecule is O=C(COc1ccccc1F)N1CCCN(C(=O)c2ccco2)CC1. The molecule has 1 aliphatic heterocycles. The molecule has 25 heavy (non-hydrogen) atoms. The molecule has 1 saturated heterocycles. The van der Waals surface area contributed by atoms with E-state index in [9.17, 15) is 14.0 Å². The van der Waals surface area contributed by atoms with Gasteiger partial charge in [-0.15, -0.1) is 0 Å². The fourth-order valence-corrected chi connectivity index (χ4v) is 2.72. The molecule has 2 amide bonds. The van der Waals surface area contributed by atoms with Crippen molar-refractivity contribution in [3.63, 3.8) is 0 Å². The molecule has 2 heterocycles. The van der Waals surface area contributed by atoms with Crippen molar-refractivity contribution >= 4 is 11.8 Å². The van der Waals surface area contributed by atoms with Crippen LogP contribution >= 0.6 is 0 Å². The second kappa shape index (κ2) is 7.83. The summed E-state index contributed by atoms with van der Waals surface area (Å²) in [4.78, 5) is 27.9. The lowest BCUT2D eigenvalue weighted by Gasteiger charge is -2.21. The van der Waals surface area contributed by atoms with E-state index in [0.717, 1.165) is 0 Å². The van der Waals surface area contributed by atoms with Crippen molar-refractivity contribution in [2.24, 2.45) is 0 Å². The number of rotatable bonds is 4.